The monoisotopic (exact) mass is 325 g/mol. The van der Waals surface area contributed by atoms with Gasteiger partial charge in [0, 0.05) is 19.6 Å². The fourth-order valence-corrected chi connectivity index (χ4v) is 3.30. The molecule has 1 unspecified atom stereocenters. The highest BCUT2D eigenvalue weighted by Crippen LogP contribution is 2.45. The average Bonchev–Trinajstić information content (AvgIpc) is 3.24. The molecule has 4 nitrogen and oxygen atoms in total. The molecule has 19 heavy (non-hydrogen) atoms. The number of nitrogens with one attached hydrogen (secondary N) is 1. The first-order valence-electron chi connectivity index (χ1n) is 7.03. The van der Waals surface area contributed by atoms with Gasteiger partial charge in [0.25, 0.3) is 0 Å². The highest BCUT2D eigenvalue weighted by atomic mass is 79.9. The van der Waals surface area contributed by atoms with Crippen LogP contribution in [0.1, 0.15) is 56.5 Å². The third-order valence-corrected chi connectivity index (χ3v) is 4.80. The van der Waals surface area contributed by atoms with Gasteiger partial charge in [0.15, 0.2) is 5.82 Å². The Kier molecular flexibility index (Phi) is 3.52. The van der Waals surface area contributed by atoms with Gasteiger partial charge in [-0.15, -0.1) is 0 Å². The van der Waals surface area contributed by atoms with E-state index in [9.17, 15) is 0 Å². The van der Waals surface area contributed by atoms with Crippen LogP contribution < -0.4 is 5.32 Å². The second-order valence-corrected chi connectivity index (χ2v) is 6.45. The summed E-state index contributed by atoms with van der Waals surface area (Å²) in [7, 11) is 1.90. The summed E-state index contributed by atoms with van der Waals surface area (Å²) < 4.78 is 6.99. The van der Waals surface area contributed by atoms with E-state index in [1.807, 2.05) is 7.05 Å². The zero-order chi connectivity index (χ0) is 13.5. The van der Waals surface area contributed by atoms with E-state index in [1.165, 1.54) is 19.3 Å². The van der Waals surface area contributed by atoms with E-state index in [0.717, 1.165) is 41.3 Å². The molecule has 1 atom stereocenters. The molecule has 104 valence electrons. The maximum atomic E-state index is 5.98. The van der Waals surface area contributed by atoms with Crippen molar-refractivity contribution in [3.63, 3.8) is 0 Å². The van der Waals surface area contributed by atoms with Crippen LogP contribution in [0.4, 0.5) is 5.82 Å². The number of aromatic nitrogens is 2. The minimum atomic E-state index is -0.325. The summed E-state index contributed by atoms with van der Waals surface area (Å²) in [6.45, 7) is 2.93. The summed E-state index contributed by atoms with van der Waals surface area (Å²) in [5, 5.41) is 3.16. The molecule has 1 saturated heterocycles. The van der Waals surface area contributed by atoms with E-state index in [-0.39, 0.29) is 5.60 Å². The first kappa shape index (κ1) is 13.3. The summed E-state index contributed by atoms with van der Waals surface area (Å²) >= 11 is 3.63. The lowest BCUT2D eigenvalue weighted by Gasteiger charge is -2.33. The average molecular weight is 326 g/mol. The number of hydrogen-bond acceptors (Lipinski definition) is 4. The van der Waals surface area contributed by atoms with Gasteiger partial charge in [-0.1, -0.05) is 0 Å². The molecule has 0 spiro atoms. The van der Waals surface area contributed by atoms with Crippen molar-refractivity contribution in [1.82, 2.24) is 9.97 Å². The Morgan fingerprint density at radius 2 is 2.11 bits per heavy atom. The summed E-state index contributed by atoms with van der Waals surface area (Å²) in [5.41, 5.74) is 0.818. The van der Waals surface area contributed by atoms with Crippen LogP contribution >= 0.6 is 15.9 Å². The molecule has 0 amide bonds. The maximum absolute atomic E-state index is 5.98. The number of rotatable bonds is 3. The number of nitrogens with zero attached hydrogens (tertiary/aromatic N) is 2. The number of halogens is 1. The second kappa shape index (κ2) is 5.02. The quantitative estimate of drug-likeness (QED) is 0.922. The van der Waals surface area contributed by atoms with E-state index in [4.69, 9.17) is 9.72 Å². The van der Waals surface area contributed by atoms with Crippen LogP contribution in [0.2, 0.25) is 0 Å². The van der Waals surface area contributed by atoms with Crippen molar-refractivity contribution in [3.8, 4) is 0 Å². The lowest BCUT2D eigenvalue weighted by Crippen LogP contribution is -2.33. The maximum Gasteiger partial charge on any atom is 0.162 e. The summed E-state index contributed by atoms with van der Waals surface area (Å²) in [5.74, 6) is 2.30. The molecule has 2 aliphatic rings. The zero-order valence-electron chi connectivity index (χ0n) is 11.5. The molecule has 2 fully saturated rings. The highest BCUT2D eigenvalue weighted by Gasteiger charge is 2.36. The Bertz CT molecular complexity index is 482. The van der Waals surface area contributed by atoms with Gasteiger partial charge in [-0.25, -0.2) is 9.97 Å². The predicted octanol–water partition coefficient (Wildman–Crippen LogP) is 3.57. The minimum Gasteiger partial charge on any atom is -0.372 e. The summed E-state index contributed by atoms with van der Waals surface area (Å²) in [6, 6.07) is 0. The first-order chi connectivity index (χ1) is 9.14. The smallest absolute Gasteiger partial charge is 0.162 e. The molecule has 1 aromatic rings. The van der Waals surface area contributed by atoms with Gasteiger partial charge in [0.2, 0.25) is 0 Å². The summed E-state index contributed by atoms with van der Waals surface area (Å²) in [6.07, 6.45) is 5.79. The van der Waals surface area contributed by atoms with Crippen LogP contribution in [0.15, 0.2) is 4.47 Å². The molecule has 1 saturated carbocycles. The third-order valence-electron chi connectivity index (χ3n) is 4.02. The standard InChI is InChI=1S/C14H20BrN3O/c1-14(7-3-4-8-19-14)13-17-11(9-5-6-9)10(15)12(16-2)18-13/h9H,3-8H2,1-2H3,(H,16,17,18). The molecule has 1 aromatic heterocycles. The van der Waals surface area contributed by atoms with Crippen molar-refractivity contribution < 1.29 is 4.74 Å². The van der Waals surface area contributed by atoms with E-state index in [1.54, 1.807) is 0 Å². The van der Waals surface area contributed by atoms with Crippen molar-refractivity contribution in [2.45, 2.75) is 50.5 Å². The van der Waals surface area contributed by atoms with Crippen LogP contribution in [0, 0.1) is 0 Å². The molecule has 0 radical (unpaired) electrons. The Balaban J connectivity index is 2.02. The summed E-state index contributed by atoms with van der Waals surface area (Å²) in [4.78, 5) is 9.48. The van der Waals surface area contributed by atoms with Crippen LogP contribution in [-0.4, -0.2) is 23.6 Å². The Morgan fingerprint density at radius 3 is 2.68 bits per heavy atom. The molecular weight excluding hydrogens is 306 g/mol. The second-order valence-electron chi connectivity index (χ2n) is 5.66. The van der Waals surface area contributed by atoms with Crippen LogP contribution in [0.25, 0.3) is 0 Å². The molecule has 0 aromatic carbocycles. The zero-order valence-corrected chi connectivity index (χ0v) is 13.1. The van der Waals surface area contributed by atoms with E-state index < -0.39 is 0 Å². The third kappa shape index (κ3) is 2.50. The fraction of sp³-hybridized carbons (Fsp3) is 0.714. The normalized spacial score (nSPS) is 27.3. The van der Waals surface area contributed by atoms with E-state index >= 15 is 0 Å². The minimum absolute atomic E-state index is 0.325. The lowest BCUT2D eigenvalue weighted by molar-refractivity contribution is -0.0761. The van der Waals surface area contributed by atoms with Gasteiger partial charge in [0.05, 0.1) is 10.2 Å². The number of anilines is 1. The predicted molar refractivity (Wildman–Crippen MR) is 78.4 cm³/mol. The van der Waals surface area contributed by atoms with E-state index in [2.05, 4.69) is 33.2 Å². The molecule has 0 bridgehead atoms. The molecular formula is C14H20BrN3O. The molecule has 5 heteroatoms. The SMILES string of the molecule is CNc1nc(C2(C)CCCCO2)nc(C2CC2)c1Br. The van der Waals surface area contributed by atoms with Crippen molar-refractivity contribution in [2.24, 2.45) is 0 Å². The molecule has 3 rings (SSSR count). The van der Waals surface area contributed by atoms with Gasteiger partial charge < -0.3 is 10.1 Å². The van der Waals surface area contributed by atoms with Crippen molar-refractivity contribution >= 4 is 21.7 Å². The van der Waals surface area contributed by atoms with Gasteiger partial charge >= 0.3 is 0 Å². The largest absolute Gasteiger partial charge is 0.372 e. The molecule has 1 aliphatic carbocycles. The van der Waals surface area contributed by atoms with Crippen LogP contribution in [-0.2, 0) is 10.3 Å². The molecule has 1 aliphatic heterocycles. The van der Waals surface area contributed by atoms with Gasteiger partial charge in [-0.2, -0.15) is 0 Å². The van der Waals surface area contributed by atoms with Gasteiger partial charge in [-0.3, -0.25) is 0 Å². The van der Waals surface area contributed by atoms with Gasteiger partial charge in [-0.05, 0) is 55.0 Å². The molecule has 1 N–H and O–H groups in total. The Hall–Kier alpha value is -0.680. The Labute approximate surface area is 122 Å². The molecule has 2 heterocycles. The lowest BCUT2D eigenvalue weighted by atomic mass is 9.95. The van der Waals surface area contributed by atoms with Crippen molar-refractivity contribution in [3.05, 3.63) is 16.0 Å². The number of hydrogen-bond donors (Lipinski definition) is 1. The highest BCUT2D eigenvalue weighted by molar-refractivity contribution is 9.10. The first-order valence-corrected chi connectivity index (χ1v) is 7.83. The van der Waals surface area contributed by atoms with Crippen LogP contribution in [0.5, 0.6) is 0 Å². The van der Waals surface area contributed by atoms with Gasteiger partial charge in [0.1, 0.15) is 11.4 Å². The Morgan fingerprint density at radius 1 is 1.32 bits per heavy atom. The topological polar surface area (TPSA) is 47.0 Å². The van der Waals surface area contributed by atoms with Crippen LogP contribution in [0.3, 0.4) is 0 Å². The number of ether oxygens (including phenoxy) is 1. The van der Waals surface area contributed by atoms with E-state index in [0.29, 0.717) is 5.92 Å². The van der Waals surface area contributed by atoms with Crippen molar-refractivity contribution in [2.75, 3.05) is 19.0 Å². The fourth-order valence-electron chi connectivity index (χ4n) is 2.60. The van der Waals surface area contributed by atoms with Crippen molar-refractivity contribution in [1.29, 1.82) is 0 Å².